The van der Waals surface area contributed by atoms with Crippen molar-refractivity contribution in [2.45, 2.75) is 32.7 Å². The maximum Gasteiger partial charge on any atom is 0.305 e. The largest absolute Gasteiger partial charge is 0.481 e. The molecule has 2 N–H and O–H groups in total. The number of carboxylic acids is 1. The molecule has 128 valence electrons. The lowest BCUT2D eigenvalue weighted by Crippen LogP contribution is -2.51. The maximum absolute atomic E-state index is 12.4. The fraction of sp³-hybridized carbons (Fsp3) is 0.375. The Morgan fingerprint density at radius 3 is 2.62 bits per heavy atom. The van der Waals surface area contributed by atoms with E-state index in [0.717, 1.165) is 0 Å². The molecule has 0 radical (unpaired) electrons. The number of aromatic nitrogens is 3. The molecule has 1 aromatic carbocycles. The van der Waals surface area contributed by atoms with E-state index < -0.39 is 17.4 Å². The number of halogens is 1. The Balaban J connectivity index is 2.22. The summed E-state index contributed by atoms with van der Waals surface area (Å²) in [6.45, 7) is 5.40. The number of rotatable bonds is 6. The van der Waals surface area contributed by atoms with Gasteiger partial charge in [0.25, 0.3) is 5.91 Å². The van der Waals surface area contributed by atoms with Crippen LogP contribution in [-0.4, -0.2) is 37.5 Å². The standard InChI is InChI=1S/C16H19ClN4O3/c1-10(2)16(3,8-14(22)23)18-15(24)12-9-21(20-19-12)13-7-5-4-6-11(13)17/h4-7,9-10H,8H2,1-3H3,(H,18,24)(H,22,23). The van der Waals surface area contributed by atoms with Gasteiger partial charge in [-0.3, -0.25) is 9.59 Å². The lowest BCUT2D eigenvalue weighted by molar-refractivity contribution is -0.138. The molecule has 8 heteroatoms. The first kappa shape index (κ1) is 17.9. The van der Waals surface area contributed by atoms with Crippen molar-refractivity contribution in [3.63, 3.8) is 0 Å². The summed E-state index contributed by atoms with van der Waals surface area (Å²) < 4.78 is 1.40. The SMILES string of the molecule is CC(C)C(C)(CC(=O)O)NC(=O)c1cn(-c2ccccc2Cl)nn1. The Kier molecular flexibility index (Phi) is 5.23. The van der Waals surface area contributed by atoms with E-state index in [0.29, 0.717) is 10.7 Å². The van der Waals surface area contributed by atoms with Crippen molar-refractivity contribution in [2.24, 2.45) is 5.92 Å². The second-order valence-electron chi connectivity index (χ2n) is 6.10. The number of carboxylic acid groups (broad SMARTS) is 1. The first-order valence-corrected chi connectivity index (χ1v) is 7.82. The van der Waals surface area contributed by atoms with E-state index in [4.69, 9.17) is 16.7 Å². The first-order valence-electron chi connectivity index (χ1n) is 7.44. The summed E-state index contributed by atoms with van der Waals surface area (Å²) in [6, 6.07) is 7.05. The molecule has 1 heterocycles. The van der Waals surface area contributed by atoms with Crippen LogP contribution in [0.3, 0.4) is 0 Å². The van der Waals surface area contributed by atoms with E-state index in [1.807, 2.05) is 13.8 Å². The molecule has 0 aliphatic rings. The summed E-state index contributed by atoms with van der Waals surface area (Å²) in [4.78, 5) is 23.5. The topological polar surface area (TPSA) is 97.1 Å². The Morgan fingerprint density at radius 2 is 2.04 bits per heavy atom. The summed E-state index contributed by atoms with van der Waals surface area (Å²) in [5, 5.41) is 20.1. The van der Waals surface area contributed by atoms with Crippen LogP contribution in [0.25, 0.3) is 5.69 Å². The van der Waals surface area contributed by atoms with Gasteiger partial charge in [-0.05, 0) is 25.0 Å². The number of para-hydroxylation sites is 1. The van der Waals surface area contributed by atoms with Crippen LogP contribution in [0.15, 0.2) is 30.5 Å². The summed E-state index contributed by atoms with van der Waals surface area (Å²) in [7, 11) is 0. The van der Waals surface area contributed by atoms with E-state index in [-0.39, 0.29) is 18.0 Å². The molecule has 0 aliphatic heterocycles. The average Bonchev–Trinajstić information content (AvgIpc) is 2.96. The molecule has 2 rings (SSSR count). The lowest BCUT2D eigenvalue weighted by Gasteiger charge is -2.33. The van der Waals surface area contributed by atoms with Crippen LogP contribution in [0.1, 0.15) is 37.7 Å². The summed E-state index contributed by atoms with van der Waals surface area (Å²) in [5.41, 5.74) is -0.202. The first-order chi connectivity index (χ1) is 11.2. The minimum Gasteiger partial charge on any atom is -0.481 e. The van der Waals surface area contributed by atoms with Gasteiger partial charge in [-0.15, -0.1) is 5.10 Å². The van der Waals surface area contributed by atoms with Crippen molar-refractivity contribution in [1.82, 2.24) is 20.3 Å². The second-order valence-corrected chi connectivity index (χ2v) is 6.50. The van der Waals surface area contributed by atoms with Crippen molar-refractivity contribution >= 4 is 23.5 Å². The van der Waals surface area contributed by atoms with Gasteiger partial charge in [-0.1, -0.05) is 42.8 Å². The highest BCUT2D eigenvalue weighted by atomic mass is 35.5. The molecule has 7 nitrogen and oxygen atoms in total. The number of nitrogens with zero attached hydrogens (tertiary/aromatic N) is 3. The molecule has 2 aromatic rings. The molecule has 0 saturated carbocycles. The van der Waals surface area contributed by atoms with Crippen LogP contribution in [-0.2, 0) is 4.79 Å². The third-order valence-corrected chi connectivity index (χ3v) is 4.34. The molecular weight excluding hydrogens is 332 g/mol. The van der Waals surface area contributed by atoms with Crippen molar-refractivity contribution in [3.8, 4) is 5.69 Å². The van der Waals surface area contributed by atoms with Gasteiger partial charge >= 0.3 is 5.97 Å². The predicted molar refractivity (Wildman–Crippen MR) is 89.3 cm³/mol. The zero-order chi connectivity index (χ0) is 17.9. The summed E-state index contributed by atoms with van der Waals surface area (Å²) in [6.07, 6.45) is 1.27. The number of hydrogen-bond acceptors (Lipinski definition) is 4. The van der Waals surface area contributed by atoms with E-state index in [1.165, 1.54) is 10.9 Å². The number of carbonyl (C=O) groups excluding carboxylic acids is 1. The second kappa shape index (κ2) is 7.00. The third kappa shape index (κ3) is 3.91. The third-order valence-electron chi connectivity index (χ3n) is 4.02. The molecule has 1 atom stereocenters. The Hall–Kier alpha value is -2.41. The molecule has 0 bridgehead atoms. The van der Waals surface area contributed by atoms with Crippen molar-refractivity contribution in [1.29, 1.82) is 0 Å². The Labute approximate surface area is 144 Å². The number of amides is 1. The zero-order valence-electron chi connectivity index (χ0n) is 13.7. The van der Waals surface area contributed by atoms with Gasteiger partial charge in [-0.2, -0.15) is 0 Å². The van der Waals surface area contributed by atoms with Gasteiger partial charge < -0.3 is 10.4 Å². The highest BCUT2D eigenvalue weighted by Gasteiger charge is 2.33. The van der Waals surface area contributed by atoms with Crippen molar-refractivity contribution < 1.29 is 14.7 Å². The van der Waals surface area contributed by atoms with Gasteiger partial charge in [0.15, 0.2) is 5.69 Å². The van der Waals surface area contributed by atoms with Crippen LogP contribution in [0, 0.1) is 5.92 Å². The molecule has 0 fully saturated rings. The van der Waals surface area contributed by atoms with Crippen LogP contribution < -0.4 is 5.32 Å². The average molecular weight is 351 g/mol. The van der Waals surface area contributed by atoms with Crippen LogP contribution in [0.5, 0.6) is 0 Å². The van der Waals surface area contributed by atoms with Crippen molar-refractivity contribution in [2.75, 3.05) is 0 Å². The molecule has 0 aliphatic carbocycles. The number of benzene rings is 1. The lowest BCUT2D eigenvalue weighted by atomic mass is 9.85. The highest BCUT2D eigenvalue weighted by Crippen LogP contribution is 2.22. The van der Waals surface area contributed by atoms with Gasteiger partial charge in [0.05, 0.1) is 28.9 Å². The van der Waals surface area contributed by atoms with Gasteiger partial charge in [0, 0.05) is 0 Å². The maximum atomic E-state index is 12.4. The molecule has 1 aromatic heterocycles. The summed E-state index contributed by atoms with van der Waals surface area (Å²) in [5.74, 6) is -1.53. The van der Waals surface area contributed by atoms with E-state index in [9.17, 15) is 9.59 Å². The number of carbonyl (C=O) groups is 2. The Bertz CT molecular complexity index is 759. The normalized spacial score (nSPS) is 13.5. The fourth-order valence-corrected chi connectivity index (χ4v) is 2.38. The van der Waals surface area contributed by atoms with Crippen LogP contribution >= 0.6 is 11.6 Å². The van der Waals surface area contributed by atoms with Crippen molar-refractivity contribution in [3.05, 3.63) is 41.2 Å². The summed E-state index contributed by atoms with van der Waals surface area (Å²) >= 11 is 6.10. The van der Waals surface area contributed by atoms with Gasteiger partial charge in [0.1, 0.15) is 0 Å². The molecule has 0 spiro atoms. The fourth-order valence-electron chi connectivity index (χ4n) is 2.15. The van der Waals surface area contributed by atoms with E-state index in [1.54, 1.807) is 31.2 Å². The van der Waals surface area contributed by atoms with Gasteiger partial charge in [0.2, 0.25) is 0 Å². The molecule has 1 amide bonds. The number of nitrogens with one attached hydrogen (secondary N) is 1. The molecular formula is C16H19ClN4O3. The monoisotopic (exact) mass is 350 g/mol. The number of hydrogen-bond donors (Lipinski definition) is 2. The molecule has 0 saturated heterocycles. The van der Waals surface area contributed by atoms with Gasteiger partial charge in [-0.25, -0.2) is 4.68 Å². The number of aliphatic carboxylic acids is 1. The zero-order valence-corrected chi connectivity index (χ0v) is 14.4. The minimum atomic E-state index is -0.980. The minimum absolute atomic E-state index is 0.0730. The smallest absolute Gasteiger partial charge is 0.305 e. The Morgan fingerprint density at radius 1 is 1.38 bits per heavy atom. The van der Waals surface area contributed by atoms with E-state index in [2.05, 4.69) is 15.6 Å². The predicted octanol–water partition coefficient (Wildman–Crippen LogP) is 2.54. The quantitative estimate of drug-likeness (QED) is 0.834. The van der Waals surface area contributed by atoms with Crippen LogP contribution in [0.2, 0.25) is 5.02 Å². The van der Waals surface area contributed by atoms with Crippen LogP contribution in [0.4, 0.5) is 0 Å². The molecule has 1 unspecified atom stereocenters. The molecule has 24 heavy (non-hydrogen) atoms. The van der Waals surface area contributed by atoms with E-state index >= 15 is 0 Å². The highest BCUT2D eigenvalue weighted by molar-refractivity contribution is 6.32.